The van der Waals surface area contributed by atoms with Crippen molar-refractivity contribution < 1.29 is 4.74 Å². The minimum atomic E-state index is 0.176. The number of nitrogens with zero attached hydrogens (tertiary/aromatic N) is 3. The van der Waals surface area contributed by atoms with Crippen LogP contribution in [-0.2, 0) is 24.1 Å². The van der Waals surface area contributed by atoms with Gasteiger partial charge in [0.2, 0.25) is 0 Å². The molecule has 0 radical (unpaired) electrons. The van der Waals surface area contributed by atoms with Crippen molar-refractivity contribution in [1.29, 1.82) is 0 Å². The van der Waals surface area contributed by atoms with Crippen LogP contribution in [0.1, 0.15) is 30.5 Å². The Morgan fingerprint density at radius 1 is 1.00 bits per heavy atom. The fraction of sp³-hybridized carbons (Fsp3) is 0.750. The van der Waals surface area contributed by atoms with Crippen molar-refractivity contribution in [2.24, 2.45) is 5.92 Å². The fourth-order valence-electron chi connectivity index (χ4n) is 4.61. The van der Waals surface area contributed by atoms with E-state index in [0.29, 0.717) is 5.92 Å². The third kappa shape index (κ3) is 4.15. The van der Waals surface area contributed by atoms with E-state index in [4.69, 9.17) is 4.74 Å². The molecule has 0 aliphatic carbocycles. The van der Waals surface area contributed by atoms with Gasteiger partial charge in [-0.2, -0.15) is 0 Å². The Hall–Kier alpha value is -1.17. The first kappa shape index (κ1) is 17.3. The van der Waals surface area contributed by atoms with Gasteiger partial charge in [-0.1, -0.05) is 6.07 Å². The summed E-state index contributed by atoms with van der Waals surface area (Å²) in [6, 6.07) is 3.86. The number of likely N-dealkylation sites (tertiary alicyclic amines) is 1. The molecule has 1 aromatic rings. The second-order valence-corrected chi connectivity index (χ2v) is 7.87. The van der Waals surface area contributed by atoms with Crippen LogP contribution in [0.4, 0.5) is 0 Å². The lowest BCUT2D eigenvalue weighted by atomic mass is 10.1. The standard InChI is InChI=1S/C20H31N3O2/c24-20-4-3-18-5-10-22(15-17-7-14-25-16-17)11-6-19(18)23(20)13-12-21-8-1-2-9-21/h3-4,17H,1-2,5-16H2/t17-/m1/s1. The molecule has 4 rings (SSSR count). The summed E-state index contributed by atoms with van der Waals surface area (Å²) in [5.41, 5.74) is 2.85. The molecule has 0 bridgehead atoms. The highest BCUT2D eigenvalue weighted by Crippen LogP contribution is 2.19. The maximum Gasteiger partial charge on any atom is 0.250 e. The molecule has 0 amide bonds. The van der Waals surface area contributed by atoms with Gasteiger partial charge in [0.1, 0.15) is 0 Å². The van der Waals surface area contributed by atoms with E-state index in [2.05, 4.69) is 20.4 Å². The number of hydrogen-bond acceptors (Lipinski definition) is 4. The molecule has 5 heteroatoms. The minimum absolute atomic E-state index is 0.176. The molecule has 5 nitrogen and oxygen atoms in total. The summed E-state index contributed by atoms with van der Waals surface area (Å²) in [5, 5.41) is 0. The highest BCUT2D eigenvalue weighted by atomic mass is 16.5. The lowest BCUT2D eigenvalue weighted by Crippen LogP contribution is -2.33. The fourth-order valence-corrected chi connectivity index (χ4v) is 4.61. The molecule has 138 valence electrons. The maximum absolute atomic E-state index is 12.5. The zero-order valence-corrected chi connectivity index (χ0v) is 15.3. The highest BCUT2D eigenvalue weighted by molar-refractivity contribution is 5.23. The van der Waals surface area contributed by atoms with Crippen LogP contribution in [0, 0.1) is 5.92 Å². The lowest BCUT2D eigenvalue weighted by molar-refractivity contribution is 0.168. The Kier molecular flexibility index (Phi) is 5.54. The summed E-state index contributed by atoms with van der Waals surface area (Å²) in [5.74, 6) is 0.693. The topological polar surface area (TPSA) is 37.7 Å². The van der Waals surface area contributed by atoms with E-state index < -0.39 is 0 Å². The zero-order valence-electron chi connectivity index (χ0n) is 15.3. The van der Waals surface area contributed by atoms with Gasteiger partial charge in [-0.25, -0.2) is 0 Å². The summed E-state index contributed by atoms with van der Waals surface area (Å²) >= 11 is 0. The summed E-state index contributed by atoms with van der Waals surface area (Å²) in [6.45, 7) is 9.41. The average Bonchev–Trinajstić information content (AvgIpc) is 3.27. The first-order valence-electron chi connectivity index (χ1n) is 10.0. The molecule has 25 heavy (non-hydrogen) atoms. The molecule has 1 aromatic heterocycles. The predicted molar refractivity (Wildman–Crippen MR) is 99.2 cm³/mol. The van der Waals surface area contributed by atoms with Crippen LogP contribution in [-0.4, -0.2) is 66.8 Å². The van der Waals surface area contributed by atoms with Gasteiger partial charge in [0.05, 0.1) is 6.61 Å². The first-order chi connectivity index (χ1) is 12.3. The van der Waals surface area contributed by atoms with Crippen molar-refractivity contribution in [3.05, 3.63) is 33.7 Å². The van der Waals surface area contributed by atoms with E-state index in [1.54, 1.807) is 6.07 Å². The van der Waals surface area contributed by atoms with Crippen LogP contribution in [0.15, 0.2) is 16.9 Å². The molecule has 3 aliphatic heterocycles. The van der Waals surface area contributed by atoms with Crippen molar-refractivity contribution in [1.82, 2.24) is 14.4 Å². The Morgan fingerprint density at radius 2 is 1.84 bits per heavy atom. The smallest absolute Gasteiger partial charge is 0.250 e. The molecular formula is C20H31N3O2. The highest BCUT2D eigenvalue weighted by Gasteiger charge is 2.22. The summed E-state index contributed by atoms with van der Waals surface area (Å²) in [4.78, 5) is 17.6. The van der Waals surface area contributed by atoms with Gasteiger partial charge in [0, 0.05) is 57.5 Å². The minimum Gasteiger partial charge on any atom is -0.381 e. The molecule has 0 unspecified atom stereocenters. The molecule has 0 spiro atoms. The normalized spacial score (nSPS) is 25.2. The second kappa shape index (κ2) is 8.02. The Labute approximate surface area is 150 Å². The third-order valence-corrected chi connectivity index (χ3v) is 6.13. The van der Waals surface area contributed by atoms with Gasteiger partial charge in [-0.05, 0) is 50.3 Å². The molecule has 3 aliphatic rings. The number of rotatable bonds is 5. The monoisotopic (exact) mass is 345 g/mol. The number of pyridine rings is 1. The van der Waals surface area contributed by atoms with Crippen molar-refractivity contribution in [2.75, 3.05) is 52.5 Å². The van der Waals surface area contributed by atoms with E-state index in [1.165, 1.54) is 43.6 Å². The van der Waals surface area contributed by atoms with E-state index in [-0.39, 0.29) is 5.56 Å². The van der Waals surface area contributed by atoms with Crippen molar-refractivity contribution >= 4 is 0 Å². The second-order valence-electron chi connectivity index (χ2n) is 7.87. The summed E-state index contributed by atoms with van der Waals surface area (Å²) in [6.07, 6.45) is 5.87. The lowest BCUT2D eigenvalue weighted by Gasteiger charge is -2.22. The Balaban J connectivity index is 1.43. The van der Waals surface area contributed by atoms with Crippen LogP contribution in [0.3, 0.4) is 0 Å². The largest absolute Gasteiger partial charge is 0.381 e. The first-order valence-corrected chi connectivity index (χ1v) is 10.0. The van der Waals surface area contributed by atoms with Crippen LogP contribution in [0.5, 0.6) is 0 Å². The Bertz CT molecular complexity index is 630. The van der Waals surface area contributed by atoms with Gasteiger partial charge >= 0.3 is 0 Å². The van der Waals surface area contributed by atoms with Gasteiger partial charge < -0.3 is 19.1 Å². The van der Waals surface area contributed by atoms with Crippen molar-refractivity contribution in [3.63, 3.8) is 0 Å². The average molecular weight is 345 g/mol. The van der Waals surface area contributed by atoms with E-state index in [9.17, 15) is 4.79 Å². The molecule has 4 heterocycles. The van der Waals surface area contributed by atoms with E-state index >= 15 is 0 Å². The van der Waals surface area contributed by atoms with Crippen LogP contribution in [0.25, 0.3) is 0 Å². The molecule has 2 fully saturated rings. The maximum atomic E-state index is 12.5. The summed E-state index contributed by atoms with van der Waals surface area (Å²) < 4.78 is 7.60. The Morgan fingerprint density at radius 3 is 2.64 bits per heavy atom. The van der Waals surface area contributed by atoms with Crippen LogP contribution in [0.2, 0.25) is 0 Å². The van der Waals surface area contributed by atoms with Crippen molar-refractivity contribution in [3.8, 4) is 0 Å². The molecule has 2 saturated heterocycles. The molecule has 0 aromatic carbocycles. The number of fused-ring (bicyclic) bond motifs is 1. The van der Waals surface area contributed by atoms with Crippen molar-refractivity contribution in [2.45, 2.75) is 38.6 Å². The van der Waals surface area contributed by atoms with Gasteiger partial charge in [-0.3, -0.25) is 4.79 Å². The predicted octanol–water partition coefficient (Wildman–Crippen LogP) is 1.38. The van der Waals surface area contributed by atoms with Gasteiger partial charge in [0.15, 0.2) is 0 Å². The summed E-state index contributed by atoms with van der Waals surface area (Å²) in [7, 11) is 0. The molecule has 0 saturated carbocycles. The number of hydrogen-bond donors (Lipinski definition) is 0. The number of aromatic nitrogens is 1. The van der Waals surface area contributed by atoms with Crippen LogP contribution >= 0.6 is 0 Å². The molecule has 1 atom stereocenters. The molecular weight excluding hydrogens is 314 g/mol. The van der Waals surface area contributed by atoms with Crippen LogP contribution < -0.4 is 5.56 Å². The van der Waals surface area contributed by atoms with Gasteiger partial charge in [0.25, 0.3) is 5.56 Å². The van der Waals surface area contributed by atoms with E-state index in [0.717, 1.165) is 58.8 Å². The number of ether oxygens (including phenoxy) is 1. The third-order valence-electron chi connectivity index (χ3n) is 6.13. The zero-order chi connectivity index (χ0) is 17.1. The SMILES string of the molecule is O=c1ccc2c(n1CCN1CCCC1)CCN(C[C@H]1CCOC1)CC2. The molecule has 0 N–H and O–H groups in total. The van der Waals surface area contributed by atoms with E-state index in [1.807, 2.05) is 0 Å². The quantitative estimate of drug-likeness (QED) is 0.808. The van der Waals surface area contributed by atoms with Gasteiger partial charge in [-0.15, -0.1) is 0 Å².